The van der Waals surface area contributed by atoms with Crippen LogP contribution in [-0.2, 0) is 9.53 Å². The van der Waals surface area contributed by atoms with Crippen LogP contribution in [0.2, 0.25) is 0 Å². The van der Waals surface area contributed by atoms with Gasteiger partial charge in [0.05, 0.1) is 18.9 Å². The van der Waals surface area contributed by atoms with Crippen LogP contribution in [-0.4, -0.2) is 35.8 Å². The molecule has 0 unspecified atom stereocenters. The molecule has 1 fully saturated rings. The molecule has 0 bridgehead atoms. The monoisotopic (exact) mass is 208 g/mol. The third-order valence-electron chi connectivity index (χ3n) is 2.50. The molecular formula is C10H12N2O3. The second kappa shape index (κ2) is 3.86. The molecule has 80 valence electrons. The lowest BCUT2D eigenvalue weighted by atomic mass is 9.86. The number of aromatic nitrogens is 1. The summed E-state index contributed by atoms with van der Waals surface area (Å²) in [6.45, 7) is 0.916. The zero-order valence-corrected chi connectivity index (χ0v) is 8.14. The van der Waals surface area contributed by atoms with Crippen LogP contribution >= 0.6 is 0 Å². The van der Waals surface area contributed by atoms with E-state index in [-0.39, 0.29) is 13.2 Å². The van der Waals surface area contributed by atoms with Crippen molar-refractivity contribution in [2.24, 2.45) is 5.41 Å². The topological polar surface area (TPSA) is 71.5 Å². The highest BCUT2D eigenvalue weighted by molar-refractivity contribution is 5.76. The third kappa shape index (κ3) is 1.92. The van der Waals surface area contributed by atoms with E-state index in [1.165, 1.54) is 0 Å². The number of hydrogen-bond donors (Lipinski definition) is 2. The van der Waals surface area contributed by atoms with E-state index in [1.807, 2.05) is 6.07 Å². The summed E-state index contributed by atoms with van der Waals surface area (Å²) >= 11 is 0. The van der Waals surface area contributed by atoms with Crippen molar-refractivity contribution in [3.63, 3.8) is 0 Å². The van der Waals surface area contributed by atoms with Crippen molar-refractivity contribution in [1.82, 2.24) is 4.98 Å². The molecular weight excluding hydrogens is 196 g/mol. The van der Waals surface area contributed by atoms with E-state index in [1.54, 1.807) is 18.5 Å². The Morgan fingerprint density at radius 1 is 1.67 bits per heavy atom. The summed E-state index contributed by atoms with van der Waals surface area (Å²) in [5.41, 5.74) is 0.0561. The van der Waals surface area contributed by atoms with Crippen molar-refractivity contribution in [2.45, 2.75) is 0 Å². The Kier molecular flexibility index (Phi) is 2.55. The quantitative estimate of drug-likeness (QED) is 0.758. The first kappa shape index (κ1) is 9.92. The highest BCUT2D eigenvalue weighted by atomic mass is 16.5. The fourth-order valence-electron chi connectivity index (χ4n) is 1.39. The molecule has 0 aromatic carbocycles. The largest absolute Gasteiger partial charge is 0.481 e. The minimum atomic E-state index is -0.815. The number of aliphatic carboxylic acids is 1. The molecule has 5 nitrogen and oxygen atoms in total. The third-order valence-corrected chi connectivity index (χ3v) is 2.50. The first-order valence-corrected chi connectivity index (χ1v) is 4.68. The van der Waals surface area contributed by atoms with Gasteiger partial charge < -0.3 is 15.2 Å². The van der Waals surface area contributed by atoms with E-state index in [4.69, 9.17) is 9.84 Å². The first-order chi connectivity index (χ1) is 7.23. The van der Waals surface area contributed by atoms with Crippen LogP contribution in [0.1, 0.15) is 0 Å². The van der Waals surface area contributed by atoms with Crippen molar-refractivity contribution in [3.05, 3.63) is 24.5 Å². The predicted octanol–water partition coefficient (Wildman–Crippen LogP) is 0.595. The average molecular weight is 208 g/mol. The molecule has 0 atom stereocenters. The summed E-state index contributed by atoms with van der Waals surface area (Å²) in [6.07, 6.45) is 3.33. The van der Waals surface area contributed by atoms with Gasteiger partial charge in [-0.2, -0.15) is 0 Å². The van der Waals surface area contributed by atoms with E-state index >= 15 is 0 Å². The van der Waals surface area contributed by atoms with Gasteiger partial charge in [0.15, 0.2) is 0 Å². The average Bonchev–Trinajstić information content (AvgIpc) is 2.17. The van der Waals surface area contributed by atoms with Crippen molar-refractivity contribution >= 4 is 11.7 Å². The number of ether oxygens (including phenoxy) is 1. The van der Waals surface area contributed by atoms with Crippen molar-refractivity contribution < 1.29 is 14.6 Å². The minimum absolute atomic E-state index is 0.273. The van der Waals surface area contributed by atoms with E-state index in [0.717, 1.165) is 5.69 Å². The molecule has 0 aliphatic carbocycles. The molecule has 1 aliphatic rings. The lowest BCUT2D eigenvalue weighted by Gasteiger charge is -2.37. The normalized spacial score (nSPS) is 17.9. The maximum Gasteiger partial charge on any atom is 0.316 e. The molecule has 0 spiro atoms. The van der Waals surface area contributed by atoms with E-state index in [2.05, 4.69) is 10.3 Å². The molecule has 0 saturated carbocycles. The second-order valence-corrected chi connectivity index (χ2v) is 3.67. The Hall–Kier alpha value is -1.62. The van der Waals surface area contributed by atoms with Gasteiger partial charge in [-0.05, 0) is 12.1 Å². The summed E-state index contributed by atoms with van der Waals surface area (Å²) in [7, 11) is 0. The minimum Gasteiger partial charge on any atom is -0.481 e. The van der Waals surface area contributed by atoms with Gasteiger partial charge in [0, 0.05) is 18.9 Å². The van der Waals surface area contributed by atoms with Crippen molar-refractivity contribution in [2.75, 3.05) is 25.1 Å². The molecule has 1 aromatic rings. The van der Waals surface area contributed by atoms with Crippen molar-refractivity contribution in [1.29, 1.82) is 0 Å². The molecule has 0 amide bonds. The number of anilines is 1. The molecule has 15 heavy (non-hydrogen) atoms. The molecule has 2 heterocycles. The Balaban J connectivity index is 1.95. The van der Waals surface area contributed by atoms with Crippen LogP contribution in [0, 0.1) is 5.41 Å². The maximum atomic E-state index is 11.0. The zero-order chi connectivity index (χ0) is 10.7. The molecule has 2 N–H and O–H groups in total. The highest BCUT2D eigenvalue weighted by Gasteiger charge is 2.46. The van der Waals surface area contributed by atoms with E-state index in [0.29, 0.717) is 6.54 Å². The number of carbonyl (C=O) groups is 1. The van der Waals surface area contributed by atoms with Crippen LogP contribution in [0.15, 0.2) is 24.5 Å². The summed E-state index contributed by atoms with van der Waals surface area (Å²) in [5, 5.41) is 12.1. The van der Waals surface area contributed by atoms with Gasteiger partial charge >= 0.3 is 5.97 Å². The van der Waals surface area contributed by atoms with Crippen LogP contribution in [0.3, 0.4) is 0 Å². The Labute approximate surface area is 87.1 Å². The van der Waals surface area contributed by atoms with Crippen LogP contribution in [0.25, 0.3) is 0 Å². The van der Waals surface area contributed by atoms with Gasteiger partial charge in [0.25, 0.3) is 0 Å². The lowest BCUT2D eigenvalue weighted by molar-refractivity contribution is -0.176. The van der Waals surface area contributed by atoms with Gasteiger partial charge in [-0.25, -0.2) is 0 Å². The smallest absolute Gasteiger partial charge is 0.316 e. The first-order valence-electron chi connectivity index (χ1n) is 4.68. The van der Waals surface area contributed by atoms with Gasteiger partial charge in [0.1, 0.15) is 5.41 Å². The van der Waals surface area contributed by atoms with Crippen LogP contribution in [0.5, 0.6) is 0 Å². The second-order valence-electron chi connectivity index (χ2n) is 3.67. The number of hydrogen-bond acceptors (Lipinski definition) is 4. The Morgan fingerprint density at radius 2 is 2.47 bits per heavy atom. The van der Waals surface area contributed by atoms with Gasteiger partial charge in [-0.1, -0.05) is 0 Å². The summed E-state index contributed by atoms with van der Waals surface area (Å²) in [6, 6.07) is 3.65. The molecule has 1 saturated heterocycles. The maximum absolute atomic E-state index is 11.0. The summed E-state index contributed by atoms with van der Waals surface area (Å²) in [5.74, 6) is -0.815. The SMILES string of the molecule is O=C(O)C1(CNc2cccnc2)COC1. The number of rotatable bonds is 4. The molecule has 5 heteroatoms. The Morgan fingerprint density at radius 3 is 2.93 bits per heavy atom. The Bertz CT molecular complexity index is 349. The number of nitrogens with zero attached hydrogens (tertiary/aromatic N) is 1. The lowest BCUT2D eigenvalue weighted by Crippen LogP contribution is -2.53. The molecule has 1 aromatic heterocycles. The fraction of sp³-hybridized carbons (Fsp3) is 0.400. The highest BCUT2D eigenvalue weighted by Crippen LogP contribution is 2.28. The molecule has 2 rings (SSSR count). The van der Waals surface area contributed by atoms with E-state index in [9.17, 15) is 4.79 Å². The van der Waals surface area contributed by atoms with Crippen LogP contribution < -0.4 is 5.32 Å². The number of carboxylic acids is 1. The van der Waals surface area contributed by atoms with Crippen molar-refractivity contribution in [3.8, 4) is 0 Å². The molecule has 1 aliphatic heterocycles. The number of pyridine rings is 1. The van der Waals surface area contributed by atoms with Gasteiger partial charge in [0.2, 0.25) is 0 Å². The predicted molar refractivity (Wildman–Crippen MR) is 53.6 cm³/mol. The molecule has 0 radical (unpaired) electrons. The number of nitrogens with one attached hydrogen (secondary N) is 1. The van der Waals surface area contributed by atoms with E-state index < -0.39 is 11.4 Å². The standard InChI is InChI=1S/C10H12N2O3/c13-9(14)10(6-15-7-10)5-12-8-2-1-3-11-4-8/h1-4,12H,5-7H2,(H,13,14). The summed E-state index contributed by atoms with van der Waals surface area (Å²) in [4.78, 5) is 14.9. The fourth-order valence-corrected chi connectivity index (χ4v) is 1.39. The zero-order valence-electron chi connectivity index (χ0n) is 8.14. The van der Waals surface area contributed by atoms with Gasteiger partial charge in [-0.15, -0.1) is 0 Å². The van der Waals surface area contributed by atoms with Gasteiger partial charge in [-0.3, -0.25) is 9.78 Å². The summed E-state index contributed by atoms with van der Waals surface area (Å²) < 4.78 is 4.95. The number of carboxylic acid groups (broad SMARTS) is 1. The van der Waals surface area contributed by atoms with Crippen LogP contribution in [0.4, 0.5) is 5.69 Å².